The van der Waals surface area contributed by atoms with E-state index in [2.05, 4.69) is 0 Å². The minimum absolute atomic E-state index is 0.0768. The van der Waals surface area contributed by atoms with Crippen LogP contribution in [0.3, 0.4) is 0 Å². The first kappa shape index (κ1) is 27.1. The van der Waals surface area contributed by atoms with Gasteiger partial charge in [0.15, 0.2) is 18.9 Å². The molecule has 0 aromatic rings. The van der Waals surface area contributed by atoms with Crippen LogP contribution in [0.4, 0.5) is 0 Å². The lowest BCUT2D eigenvalue weighted by Crippen LogP contribution is -2.51. The van der Waals surface area contributed by atoms with Crippen molar-refractivity contribution in [3.05, 3.63) is 0 Å². The molecule has 0 bridgehead atoms. The second-order valence-electron chi connectivity index (χ2n) is 7.79. The summed E-state index contributed by atoms with van der Waals surface area (Å²) < 4.78 is 66.4. The Labute approximate surface area is 194 Å². The van der Waals surface area contributed by atoms with Crippen LogP contribution in [0, 0.1) is 0 Å². The summed E-state index contributed by atoms with van der Waals surface area (Å²) in [6.07, 6.45) is -2.06. The Morgan fingerprint density at radius 2 is 1.52 bits per heavy atom. The molecule has 0 aliphatic carbocycles. The molecule has 3 heterocycles. The smallest absolute Gasteiger partial charge is 0.181 e. The molecule has 3 aliphatic heterocycles. The summed E-state index contributed by atoms with van der Waals surface area (Å²) in [4.78, 5) is 0. The van der Waals surface area contributed by atoms with Gasteiger partial charge in [0.05, 0.1) is 72.2 Å². The molecule has 3 aliphatic rings. The van der Waals surface area contributed by atoms with E-state index in [1.54, 1.807) is 14.2 Å². The van der Waals surface area contributed by atoms with E-state index in [-0.39, 0.29) is 37.8 Å². The zero-order valence-corrected chi connectivity index (χ0v) is 19.7. The van der Waals surface area contributed by atoms with Crippen LogP contribution < -0.4 is 0 Å². The van der Waals surface area contributed by atoms with Crippen molar-refractivity contribution in [2.24, 2.45) is 0 Å². The Morgan fingerprint density at radius 1 is 0.788 bits per heavy atom. The standard InChI is InChI=1S/C21H38O12/c1-15-16(9-28-20(31-15)12-24-5-4-22-2)32-19(23-3)11-25-6-7-26-13-21-29-10-17-18(33-21)8-27-14-30-17/h15-21H,4-14H2,1-3H3/t15?,16?,17?,18?,19-,20-,21-/m0/s1. The highest BCUT2D eigenvalue weighted by atomic mass is 16.8. The number of methoxy groups -OCH3 is 2. The van der Waals surface area contributed by atoms with Crippen molar-refractivity contribution in [2.45, 2.75) is 50.2 Å². The van der Waals surface area contributed by atoms with Crippen molar-refractivity contribution < 1.29 is 56.8 Å². The Bertz CT molecular complexity index is 512. The Morgan fingerprint density at radius 3 is 2.27 bits per heavy atom. The number of fused-ring (bicyclic) bond motifs is 1. The van der Waals surface area contributed by atoms with Crippen molar-refractivity contribution in [3.8, 4) is 0 Å². The number of ether oxygens (including phenoxy) is 12. The summed E-state index contributed by atoms with van der Waals surface area (Å²) in [6.45, 7) is 6.25. The first-order chi connectivity index (χ1) is 16.2. The topological polar surface area (TPSA) is 111 Å². The predicted octanol–water partition coefficient (Wildman–Crippen LogP) is -0.0839. The van der Waals surface area contributed by atoms with E-state index in [9.17, 15) is 0 Å². The quantitative estimate of drug-likeness (QED) is 0.230. The van der Waals surface area contributed by atoms with Gasteiger partial charge in [0.2, 0.25) is 0 Å². The molecule has 194 valence electrons. The van der Waals surface area contributed by atoms with Gasteiger partial charge in [-0.05, 0) is 6.92 Å². The largest absolute Gasteiger partial charge is 0.382 e. The van der Waals surface area contributed by atoms with Crippen LogP contribution in [-0.2, 0) is 56.8 Å². The third kappa shape index (κ3) is 9.59. The molecular formula is C21H38O12. The van der Waals surface area contributed by atoms with E-state index >= 15 is 0 Å². The molecular weight excluding hydrogens is 444 g/mol. The SMILES string of the molecule is COCCOC[C@H]1OCC(O[C@@H](COCCOC[C@H]2OCC3OCOCC3O2)OC)C(C)O1. The van der Waals surface area contributed by atoms with Crippen LogP contribution in [-0.4, -0.2) is 130 Å². The van der Waals surface area contributed by atoms with Crippen LogP contribution in [0.25, 0.3) is 0 Å². The van der Waals surface area contributed by atoms with Crippen molar-refractivity contribution >= 4 is 0 Å². The van der Waals surface area contributed by atoms with E-state index in [4.69, 9.17) is 56.8 Å². The summed E-state index contributed by atoms with van der Waals surface area (Å²) in [7, 11) is 3.19. The molecule has 33 heavy (non-hydrogen) atoms. The highest BCUT2D eigenvalue weighted by Crippen LogP contribution is 2.20. The van der Waals surface area contributed by atoms with E-state index in [1.807, 2.05) is 6.92 Å². The van der Waals surface area contributed by atoms with Gasteiger partial charge in [0.1, 0.15) is 25.1 Å². The van der Waals surface area contributed by atoms with Crippen molar-refractivity contribution in [1.82, 2.24) is 0 Å². The molecule has 12 nitrogen and oxygen atoms in total. The van der Waals surface area contributed by atoms with E-state index in [0.29, 0.717) is 59.5 Å². The Balaban J connectivity index is 1.21. The molecule has 0 saturated carbocycles. The van der Waals surface area contributed by atoms with Gasteiger partial charge >= 0.3 is 0 Å². The third-order valence-electron chi connectivity index (χ3n) is 5.33. The minimum Gasteiger partial charge on any atom is -0.382 e. The van der Waals surface area contributed by atoms with Gasteiger partial charge in [-0.3, -0.25) is 0 Å². The van der Waals surface area contributed by atoms with E-state index in [1.165, 1.54) is 0 Å². The summed E-state index contributed by atoms with van der Waals surface area (Å²) in [5.74, 6) is 0. The van der Waals surface area contributed by atoms with Crippen LogP contribution in [0.1, 0.15) is 6.92 Å². The Hall–Kier alpha value is -0.480. The lowest BCUT2D eigenvalue weighted by molar-refractivity contribution is -0.318. The van der Waals surface area contributed by atoms with Crippen molar-refractivity contribution in [1.29, 1.82) is 0 Å². The van der Waals surface area contributed by atoms with Gasteiger partial charge in [-0.15, -0.1) is 0 Å². The zero-order chi connectivity index (χ0) is 23.3. The number of hydrogen-bond acceptors (Lipinski definition) is 12. The summed E-state index contributed by atoms with van der Waals surface area (Å²) >= 11 is 0. The molecule has 3 saturated heterocycles. The third-order valence-corrected chi connectivity index (χ3v) is 5.33. The fraction of sp³-hybridized carbons (Fsp3) is 1.00. The average Bonchev–Trinajstić information content (AvgIpc) is 2.84. The maximum atomic E-state index is 5.93. The number of hydrogen-bond donors (Lipinski definition) is 0. The molecule has 0 radical (unpaired) electrons. The predicted molar refractivity (Wildman–Crippen MR) is 111 cm³/mol. The molecule has 0 N–H and O–H groups in total. The zero-order valence-electron chi connectivity index (χ0n) is 19.7. The molecule has 0 aromatic heterocycles. The molecule has 3 rings (SSSR count). The molecule has 7 atom stereocenters. The maximum Gasteiger partial charge on any atom is 0.181 e. The molecule has 0 aromatic carbocycles. The van der Waals surface area contributed by atoms with E-state index in [0.717, 1.165) is 0 Å². The minimum atomic E-state index is -0.549. The Kier molecular flexibility index (Phi) is 12.7. The molecule has 12 heteroatoms. The van der Waals surface area contributed by atoms with Crippen LogP contribution in [0.15, 0.2) is 0 Å². The maximum absolute atomic E-state index is 5.93. The lowest BCUT2D eigenvalue weighted by Gasteiger charge is -2.38. The van der Waals surface area contributed by atoms with Gasteiger partial charge in [0, 0.05) is 14.2 Å². The summed E-state index contributed by atoms with van der Waals surface area (Å²) in [5.41, 5.74) is 0. The molecule has 3 fully saturated rings. The second-order valence-corrected chi connectivity index (χ2v) is 7.79. The van der Waals surface area contributed by atoms with Crippen LogP contribution in [0.2, 0.25) is 0 Å². The lowest BCUT2D eigenvalue weighted by atomic mass is 10.2. The fourth-order valence-electron chi connectivity index (χ4n) is 3.42. The van der Waals surface area contributed by atoms with Gasteiger partial charge in [-0.25, -0.2) is 0 Å². The molecule has 0 spiro atoms. The van der Waals surface area contributed by atoms with Crippen LogP contribution >= 0.6 is 0 Å². The van der Waals surface area contributed by atoms with Gasteiger partial charge in [0.25, 0.3) is 0 Å². The normalized spacial score (nSPS) is 33.5. The summed E-state index contributed by atoms with van der Waals surface area (Å²) in [5, 5.41) is 0. The first-order valence-electron chi connectivity index (χ1n) is 11.3. The van der Waals surface area contributed by atoms with E-state index < -0.39 is 18.9 Å². The highest BCUT2D eigenvalue weighted by Gasteiger charge is 2.35. The van der Waals surface area contributed by atoms with Crippen molar-refractivity contribution in [3.63, 3.8) is 0 Å². The molecule has 4 unspecified atom stereocenters. The highest BCUT2D eigenvalue weighted by molar-refractivity contribution is 4.77. The average molecular weight is 483 g/mol. The summed E-state index contributed by atoms with van der Waals surface area (Å²) in [6, 6.07) is 0. The first-order valence-corrected chi connectivity index (χ1v) is 11.3. The second kappa shape index (κ2) is 15.5. The van der Waals surface area contributed by atoms with Gasteiger partial charge in [-0.1, -0.05) is 0 Å². The fourth-order valence-corrected chi connectivity index (χ4v) is 3.42. The van der Waals surface area contributed by atoms with Gasteiger partial charge in [-0.2, -0.15) is 0 Å². The van der Waals surface area contributed by atoms with Crippen molar-refractivity contribution in [2.75, 3.05) is 87.1 Å². The molecule has 0 amide bonds. The van der Waals surface area contributed by atoms with Gasteiger partial charge < -0.3 is 56.8 Å². The monoisotopic (exact) mass is 482 g/mol. The number of rotatable bonds is 15. The van der Waals surface area contributed by atoms with Crippen LogP contribution in [0.5, 0.6) is 0 Å².